The standard InChI is InChI=1S/C19H22N4O2/c1-13(24)22-16-8-10-18(21-12-16)17-9-7-14(11-20-17)19(25)23-15-5-3-2-4-6-15/h7-12,15H,2-6H2,1H3,(H,22,24)(H,23,25). The molecule has 2 aromatic rings. The number of pyridine rings is 2. The molecule has 2 heterocycles. The van der Waals surface area contributed by atoms with Gasteiger partial charge in [-0.15, -0.1) is 0 Å². The molecule has 3 rings (SSSR count). The van der Waals surface area contributed by atoms with Crippen LogP contribution in [0, 0.1) is 0 Å². The van der Waals surface area contributed by atoms with Crippen molar-refractivity contribution in [2.45, 2.75) is 45.1 Å². The summed E-state index contributed by atoms with van der Waals surface area (Å²) >= 11 is 0. The predicted molar refractivity (Wildman–Crippen MR) is 96.1 cm³/mol. The van der Waals surface area contributed by atoms with Crippen LogP contribution in [0.1, 0.15) is 49.4 Å². The average molecular weight is 338 g/mol. The summed E-state index contributed by atoms with van der Waals surface area (Å²) in [5.74, 6) is -0.207. The zero-order valence-corrected chi connectivity index (χ0v) is 14.3. The molecular formula is C19H22N4O2. The fourth-order valence-corrected chi connectivity index (χ4v) is 3.02. The number of carbonyl (C=O) groups excluding carboxylic acids is 2. The van der Waals surface area contributed by atoms with E-state index in [-0.39, 0.29) is 17.9 Å². The maximum atomic E-state index is 12.3. The molecule has 2 N–H and O–H groups in total. The molecule has 25 heavy (non-hydrogen) atoms. The third-order valence-electron chi connectivity index (χ3n) is 4.31. The first-order chi connectivity index (χ1) is 12.1. The summed E-state index contributed by atoms with van der Waals surface area (Å²) in [6.45, 7) is 1.45. The summed E-state index contributed by atoms with van der Waals surface area (Å²) in [6.07, 6.45) is 8.91. The van der Waals surface area contributed by atoms with Gasteiger partial charge >= 0.3 is 0 Å². The first-order valence-electron chi connectivity index (χ1n) is 8.63. The topological polar surface area (TPSA) is 84.0 Å². The van der Waals surface area contributed by atoms with Crippen LogP contribution in [0.5, 0.6) is 0 Å². The van der Waals surface area contributed by atoms with Gasteiger partial charge in [0.1, 0.15) is 0 Å². The molecule has 0 atom stereocenters. The first kappa shape index (κ1) is 17.1. The van der Waals surface area contributed by atoms with E-state index in [1.54, 1.807) is 36.7 Å². The summed E-state index contributed by atoms with van der Waals surface area (Å²) in [4.78, 5) is 32.0. The van der Waals surface area contributed by atoms with E-state index < -0.39 is 0 Å². The molecule has 2 amide bonds. The molecule has 0 spiro atoms. The minimum atomic E-state index is -0.138. The van der Waals surface area contributed by atoms with Crippen LogP contribution in [0.3, 0.4) is 0 Å². The Hall–Kier alpha value is -2.76. The van der Waals surface area contributed by atoms with E-state index in [4.69, 9.17) is 0 Å². The number of aromatic nitrogens is 2. The molecule has 0 aliphatic heterocycles. The predicted octanol–water partition coefficient (Wildman–Crippen LogP) is 3.16. The zero-order chi connectivity index (χ0) is 17.6. The Balaban J connectivity index is 1.65. The monoisotopic (exact) mass is 338 g/mol. The highest BCUT2D eigenvalue weighted by Crippen LogP contribution is 2.19. The molecule has 6 nitrogen and oxygen atoms in total. The van der Waals surface area contributed by atoms with Gasteiger partial charge in [-0.3, -0.25) is 19.6 Å². The van der Waals surface area contributed by atoms with Gasteiger partial charge in [0.15, 0.2) is 0 Å². The van der Waals surface area contributed by atoms with Crippen molar-refractivity contribution in [3.63, 3.8) is 0 Å². The second-order valence-corrected chi connectivity index (χ2v) is 6.35. The number of nitrogens with zero attached hydrogens (tertiary/aromatic N) is 2. The van der Waals surface area contributed by atoms with Crippen LogP contribution < -0.4 is 10.6 Å². The SMILES string of the molecule is CC(=O)Nc1ccc(-c2ccc(C(=O)NC3CCCCC3)cn2)nc1. The molecule has 1 aliphatic rings. The van der Waals surface area contributed by atoms with Crippen molar-refractivity contribution in [2.75, 3.05) is 5.32 Å². The molecule has 0 aromatic carbocycles. The van der Waals surface area contributed by atoms with Gasteiger partial charge in [0.05, 0.1) is 28.8 Å². The Bertz CT molecular complexity index is 735. The smallest absolute Gasteiger partial charge is 0.253 e. The number of hydrogen-bond acceptors (Lipinski definition) is 4. The van der Waals surface area contributed by atoms with Crippen LogP contribution in [0.4, 0.5) is 5.69 Å². The van der Waals surface area contributed by atoms with Crippen molar-refractivity contribution in [3.8, 4) is 11.4 Å². The fourth-order valence-electron chi connectivity index (χ4n) is 3.02. The zero-order valence-electron chi connectivity index (χ0n) is 14.3. The molecule has 0 saturated heterocycles. The van der Waals surface area contributed by atoms with Gasteiger partial charge in [0.2, 0.25) is 5.91 Å². The van der Waals surface area contributed by atoms with Gasteiger partial charge in [-0.05, 0) is 37.1 Å². The van der Waals surface area contributed by atoms with Crippen LogP contribution in [0.15, 0.2) is 36.7 Å². The lowest BCUT2D eigenvalue weighted by Gasteiger charge is -2.22. The van der Waals surface area contributed by atoms with E-state index in [0.717, 1.165) is 12.8 Å². The Kier molecular flexibility index (Phi) is 5.38. The van der Waals surface area contributed by atoms with Gasteiger partial charge in [-0.1, -0.05) is 19.3 Å². The minimum Gasteiger partial charge on any atom is -0.349 e. The average Bonchev–Trinajstić information content (AvgIpc) is 2.63. The third-order valence-corrected chi connectivity index (χ3v) is 4.31. The summed E-state index contributed by atoms with van der Waals surface area (Å²) in [5, 5.41) is 5.76. The number of amides is 2. The van der Waals surface area contributed by atoms with E-state index in [1.165, 1.54) is 26.2 Å². The van der Waals surface area contributed by atoms with E-state index in [0.29, 0.717) is 22.6 Å². The number of hydrogen-bond donors (Lipinski definition) is 2. The molecule has 1 saturated carbocycles. The lowest BCUT2D eigenvalue weighted by Crippen LogP contribution is -2.36. The van der Waals surface area contributed by atoms with Gasteiger partial charge < -0.3 is 10.6 Å². The van der Waals surface area contributed by atoms with Crippen molar-refractivity contribution in [1.29, 1.82) is 0 Å². The Morgan fingerprint density at radius 3 is 2.20 bits per heavy atom. The van der Waals surface area contributed by atoms with Crippen LogP contribution in [0.25, 0.3) is 11.4 Å². The summed E-state index contributed by atoms with van der Waals surface area (Å²) in [5.41, 5.74) is 2.57. The second kappa shape index (κ2) is 7.88. The number of nitrogens with one attached hydrogen (secondary N) is 2. The highest BCUT2D eigenvalue weighted by molar-refractivity contribution is 5.94. The molecule has 1 fully saturated rings. The van der Waals surface area contributed by atoms with Crippen LogP contribution in [0.2, 0.25) is 0 Å². The maximum Gasteiger partial charge on any atom is 0.253 e. The van der Waals surface area contributed by atoms with E-state index in [1.807, 2.05) is 0 Å². The molecular weight excluding hydrogens is 316 g/mol. The van der Waals surface area contributed by atoms with Crippen molar-refractivity contribution in [2.24, 2.45) is 0 Å². The van der Waals surface area contributed by atoms with Crippen molar-refractivity contribution < 1.29 is 9.59 Å². The largest absolute Gasteiger partial charge is 0.349 e. The lowest BCUT2D eigenvalue weighted by molar-refractivity contribution is -0.114. The Labute approximate surface area is 147 Å². The highest BCUT2D eigenvalue weighted by atomic mass is 16.2. The Morgan fingerprint density at radius 1 is 0.960 bits per heavy atom. The molecule has 130 valence electrons. The third kappa shape index (κ3) is 4.62. The van der Waals surface area contributed by atoms with Crippen molar-refractivity contribution in [3.05, 3.63) is 42.2 Å². The van der Waals surface area contributed by atoms with Crippen molar-refractivity contribution in [1.82, 2.24) is 15.3 Å². The van der Waals surface area contributed by atoms with E-state index in [2.05, 4.69) is 20.6 Å². The molecule has 0 bridgehead atoms. The number of carbonyl (C=O) groups is 2. The van der Waals surface area contributed by atoms with Gasteiger partial charge in [-0.25, -0.2) is 0 Å². The molecule has 0 radical (unpaired) electrons. The van der Waals surface area contributed by atoms with Crippen LogP contribution >= 0.6 is 0 Å². The highest BCUT2D eigenvalue weighted by Gasteiger charge is 2.16. The van der Waals surface area contributed by atoms with E-state index >= 15 is 0 Å². The fraction of sp³-hybridized carbons (Fsp3) is 0.368. The summed E-state index contributed by atoms with van der Waals surface area (Å²) in [7, 11) is 0. The lowest BCUT2D eigenvalue weighted by atomic mass is 9.95. The summed E-state index contributed by atoms with van der Waals surface area (Å²) < 4.78 is 0. The second-order valence-electron chi connectivity index (χ2n) is 6.35. The summed E-state index contributed by atoms with van der Waals surface area (Å²) in [6, 6.07) is 7.40. The van der Waals surface area contributed by atoms with Gasteiger partial charge in [0.25, 0.3) is 5.91 Å². The Morgan fingerprint density at radius 2 is 1.64 bits per heavy atom. The van der Waals surface area contributed by atoms with Gasteiger partial charge in [-0.2, -0.15) is 0 Å². The molecule has 2 aromatic heterocycles. The van der Waals surface area contributed by atoms with E-state index in [9.17, 15) is 9.59 Å². The van der Waals surface area contributed by atoms with Gasteiger partial charge in [0, 0.05) is 19.2 Å². The van der Waals surface area contributed by atoms with Crippen LogP contribution in [-0.2, 0) is 4.79 Å². The molecule has 0 unspecified atom stereocenters. The molecule has 1 aliphatic carbocycles. The normalized spacial score (nSPS) is 14.8. The van der Waals surface area contributed by atoms with Crippen molar-refractivity contribution >= 4 is 17.5 Å². The minimum absolute atomic E-state index is 0.0695. The molecule has 6 heteroatoms. The first-order valence-corrected chi connectivity index (χ1v) is 8.63. The number of rotatable bonds is 4. The quantitative estimate of drug-likeness (QED) is 0.897. The maximum absolute atomic E-state index is 12.3. The van der Waals surface area contributed by atoms with Crippen LogP contribution in [-0.4, -0.2) is 27.8 Å². The number of anilines is 1.